The van der Waals surface area contributed by atoms with Crippen LogP contribution in [0.5, 0.6) is 0 Å². The van der Waals surface area contributed by atoms with Crippen molar-refractivity contribution in [1.82, 2.24) is 4.31 Å². The average molecular weight is 401 g/mol. The van der Waals surface area contributed by atoms with Crippen molar-refractivity contribution in [3.63, 3.8) is 0 Å². The van der Waals surface area contributed by atoms with Gasteiger partial charge in [0.05, 0.1) is 10.6 Å². The Labute approximate surface area is 165 Å². The number of hydrogen-bond donors (Lipinski definition) is 1. The van der Waals surface area contributed by atoms with Gasteiger partial charge in [0.15, 0.2) is 5.78 Å². The summed E-state index contributed by atoms with van der Waals surface area (Å²) in [4.78, 5) is 24.2. The molecule has 1 heterocycles. The Bertz CT molecular complexity index is 962. The second-order valence-electron chi connectivity index (χ2n) is 6.91. The second-order valence-corrected chi connectivity index (χ2v) is 8.84. The Balaban J connectivity index is 1.59. The first-order chi connectivity index (χ1) is 13.4. The van der Waals surface area contributed by atoms with Gasteiger partial charge < -0.3 is 5.32 Å². The molecule has 2 aromatic rings. The van der Waals surface area contributed by atoms with Crippen LogP contribution in [0, 0.1) is 0 Å². The van der Waals surface area contributed by atoms with Crippen molar-refractivity contribution >= 4 is 27.4 Å². The second kappa shape index (κ2) is 8.67. The third kappa shape index (κ3) is 4.66. The van der Waals surface area contributed by atoms with Gasteiger partial charge in [-0.2, -0.15) is 4.31 Å². The molecule has 6 nitrogen and oxygen atoms in total. The molecule has 0 unspecified atom stereocenters. The average Bonchev–Trinajstić information content (AvgIpc) is 3.23. The maximum Gasteiger partial charge on any atom is 0.243 e. The Kier molecular flexibility index (Phi) is 6.26. The van der Waals surface area contributed by atoms with E-state index in [1.54, 1.807) is 48.5 Å². The molecule has 3 rings (SSSR count). The maximum atomic E-state index is 12.5. The van der Waals surface area contributed by atoms with Crippen LogP contribution in [0.25, 0.3) is 0 Å². The Morgan fingerprint density at radius 3 is 2.29 bits per heavy atom. The molecule has 0 aliphatic carbocycles. The lowest BCUT2D eigenvalue weighted by Crippen LogP contribution is -2.27. The highest BCUT2D eigenvalue weighted by Gasteiger charge is 2.26. The van der Waals surface area contributed by atoms with Gasteiger partial charge in [-0.3, -0.25) is 9.59 Å². The largest absolute Gasteiger partial charge is 0.325 e. The minimum absolute atomic E-state index is 0.106. The number of ketones is 1. The van der Waals surface area contributed by atoms with E-state index in [4.69, 9.17) is 0 Å². The number of Topliss-reactive ketones (excluding diaryl/α,β-unsaturated/α-hetero) is 1. The van der Waals surface area contributed by atoms with Crippen LogP contribution >= 0.6 is 0 Å². The first-order valence-corrected chi connectivity index (χ1v) is 10.8. The number of aryl methyl sites for hydroxylation is 1. The van der Waals surface area contributed by atoms with Crippen molar-refractivity contribution < 1.29 is 18.0 Å². The summed E-state index contributed by atoms with van der Waals surface area (Å²) in [5.74, 6) is -0.298. The minimum Gasteiger partial charge on any atom is -0.325 e. The zero-order valence-electron chi connectivity index (χ0n) is 15.8. The third-order valence-electron chi connectivity index (χ3n) is 4.85. The smallest absolute Gasteiger partial charge is 0.243 e. The molecular formula is C21H24N2O4S. The SMILES string of the molecule is CC(=O)c1ccccc1NC(=O)CCc1ccc(S(=O)(=O)N2CCCC2)cc1. The number of benzene rings is 2. The molecule has 1 N–H and O–H groups in total. The molecule has 1 aliphatic heterocycles. The number of nitrogens with zero attached hydrogens (tertiary/aromatic N) is 1. The van der Waals surface area contributed by atoms with Crippen LogP contribution < -0.4 is 5.32 Å². The van der Waals surface area contributed by atoms with E-state index in [0.29, 0.717) is 30.8 Å². The number of nitrogens with one attached hydrogen (secondary N) is 1. The van der Waals surface area contributed by atoms with E-state index >= 15 is 0 Å². The molecule has 1 fully saturated rings. The summed E-state index contributed by atoms with van der Waals surface area (Å²) < 4.78 is 26.6. The van der Waals surface area contributed by atoms with Gasteiger partial charge in [-0.15, -0.1) is 0 Å². The summed E-state index contributed by atoms with van der Waals surface area (Å²) in [5, 5.41) is 2.77. The quantitative estimate of drug-likeness (QED) is 0.723. The number of anilines is 1. The third-order valence-corrected chi connectivity index (χ3v) is 6.76. The predicted octanol–water partition coefficient (Wildman–Crippen LogP) is 3.25. The molecule has 1 aliphatic rings. The maximum absolute atomic E-state index is 12.5. The van der Waals surface area contributed by atoms with Gasteiger partial charge in [0.25, 0.3) is 0 Å². The molecular weight excluding hydrogens is 376 g/mol. The first kappa shape index (κ1) is 20.2. The lowest BCUT2D eigenvalue weighted by atomic mass is 10.1. The number of para-hydroxylation sites is 1. The summed E-state index contributed by atoms with van der Waals surface area (Å²) in [5.41, 5.74) is 1.87. The molecule has 1 saturated heterocycles. The number of amides is 1. The number of carbonyl (C=O) groups is 2. The standard InChI is InChI=1S/C21H24N2O4S/c1-16(24)19-6-2-3-7-20(19)22-21(25)13-10-17-8-11-18(12-9-17)28(26,27)23-14-4-5-15-23/h2-3,6-9,11-12H,4-5,10,13-15H2,1H3,(H,22,25). The van der Waals surface area contributed by atoms with E-state index in [1.165, 1.54) is 11.2 Å². The predicted molar refractivity (Wildman–Crippen MR) is 108 cm³/mol. The molecule has 28 heavy (non-hydrogen) atoms. The van der Waals surface area contributed by atoms with Gasteiger partial charge in [-0.05, 0) is 56.0 Å². The Morgan fingerprint density at radius 1 is 1.00 bits per heavy atom. The highest BCUT2D eigenvalue weighted by Crippen LogP contribution is 2.21. The van der Waals surface area contributed by atoms with Crippen LogP contribution in [0.4, 0.5) is 5.69 Å². The molecule has 0 atom stereocenters. The molecule has 148 valence electrons. The van der Waals surface area contributed by atoms with E-state index < -0.39 is 10.0 Å². The van der Waals surface area contributed by atoms with Crippen LogP contribution in [-0.4, -0.2) is 37.5 Å². The molecule has 7 heteroatoms. The summed E-state index contributed by atoms with van der Waals surface area (Å²) in [6.07, 6.45) is 2.53. The van der Waals surface area contributed by atoms with Gasteiger partial charge in [0.1, 0.15) is 0 Å². The lowest BCUT2D eigenvalue weighted by Gasteiger charge is -2.15. The fourth-order valence-corrected chi connectivity index (χ4v) is 4.79. The summed E-state index contributed by atoms with van der Waals surface area (Å²) in [6.45, 7) is 2.61. The van der Waals surface area contributed by atoms with Crippen LogP contribution in [0.3, 0.4) is 0 Å². The number of rotatable bonds is 7. The molecule has 0 spiro atoms. The number of carbonyl (C=O) groups excluding carboxylic acids is 2. The van der Waals surface area contributed by atoms with E-state index in [-0.39, 0.29) is 23.0 Å². The fourth-order valence-electron chi connectivity index (χ4n) is 3.28. The summed E-state index contributed by atoms with van der Waals surface area (Å²) >= 11 is 0. The van der Waals surface area contributed by atoms with E-state index in [9.17, 15) is 18.0 Å². The van der Waals surface area contributed by atoms with Crippen LogP contribution in [0.2, 0.25) is 0 Å². The van der Waals surface area contributed by atoms with Gasteiger partial charge >= 0.3 is 0 Å². The lowest BCUT2D eigenvalue weighted by molar-refractivity contribution is -0.116. The fraction of sp³-hybridized carbons (Fsp3) is 0.333. The Hall–Kier alpha value is -2.51. The van der Waals surface area contributed by atoms with Crippen molar-refractivity contribution in [2.75, 3.05) is 18.4 Å². The van der Waals surface area contributed by atoms with Gasteiger partial charge in [-0.25, -0.2) is 8.42 Å². The molecule has 1 amide bonds. The molecule has 0 bridgehead atoms. The van der Waals surface area contributed by atoms with Crippen molar-refractivity contribution in [1.29, 1.82) is 0 Å². The van der Waals surface area contributed by atoms with Crippen molar-refractivity contribution in [2.45, 2.75) is 37.5 Å². The van der Waals surface area contributed by atoms with Crippen molar-refractivity contribution in [2.24, 2.45) is 0 Å². The van der Waals surface area contributed by atoms with E-state index in [2.05, 4.69) is 5.32 Å². The van der Waals surface area contributed by atoms with Crippen molar-refractivity contribution in [3.05, 3.63) is 59.7 Å². The summed E-state index contributed by atoms with van der Waals surface area (Å²) in [7, 11) is -3.42. The monoisotopic (exact) mass is 400 g/mol. The first-order valence-electron chi connectivity index (χ1n) is 9.37. The van der Waals surface area contributed by atoms with Crippen LogP contribution in [0.1, 0.15) is 42.1 Å². The topological polar surface area (TPSA) is 83.5 Å². The zero-order chi connectivity index (χ0) is 20.1. The summed E-state index contributed by atoms with van der Waals surface area (Å²) in [6, 6.07) is 13.6. The Morgan fingerprint density at radius 2 is 1.64 bits per heavy atom. The van der Waals surface area contributed by atoms with E-state index in [0.717, 1.165) is 18.4 Å². The van der Waals surface area contributed by atoms with Crippen LogP contribution in [-0.2, 0) is 21.2 Å². The van der Waals surface area contributed by atoms with E-state index in [1.807, 2.05) is 0 Å². The molecule has 2 aromatic carbocycles. The molecule has 0 aromatic heterocycles. The minimum atomic E-state index is -3.42. The number of sulfonamides is 1. The van der Waals surface area contributed by atoms with Gasteiger partial charge in [0.2, 0.25) is 15.9 Å². The van der Waals surface area contributed by atoms with Crippen molar-refractivity contribution in [3.8, 4) is 0 Å². The van der Waals surface area contributed by atoms with Crippen LogP contribution in [0.15, 0.2) is 53.4 Å². The highest BCUT2D eigenvalue weighted by molar-refractivity contribution is 7.89. The molecule has 0 radical (unpaired) electrons. The zero-order valence-corrected chi connectivity index (χ0v) is 16.7. The highest BCUT2D eigenvalue weighted by atomic mass is 32.2. The molecule has 0 saturated carbocycles. The van der Waals surface area contributed by atoms with Gasteiger partial charge in [-0.1, -0.05) is 24.3 Å². The number of hydrogen-bond acceptors (Lipinski definition) is 4. The van der Waals surface area contributed by atoms with Gasteiger partial charge in [0, 0.05) is 25.1 Å². The normalized spacial score (nSPS) is 14.8.